The molecule has 0 N–H and O–H groups in total. The minimum absolute atomic E-state index is 0.0984. The van der Waals surface area contributed by atoms with Gasteiger partial charge in [-0.05, 0) is 25.1 Å². The molecule has 0 aliphatic heterocycles. The lowest BCUT2D eigenvalue weighted by Crippen LogP contribution is -2.05. The number of carbonyl (C=O) groups is 1. The first-order valence-corrected chi connectivity index (χ1v) is 6.33. The monoisotopic (exact) mass is 284 g/mol. The Morgan fingerprint density at radius 3 is 2.71 bits per heavy atom. The lowest BCUT2D eigenvalue weighted by atomic mass is 10.2. The van der Waals surface area contributed by atoms with E-state index in [9.17, 15) is 4.79 Å². The predicted molar refractivity (Wildman–Crippen MR) is 72.3 cm³/mol. The van der Waals surface area contributed by atoms with Crippen molar-refractivity contribution >= 4 is 5.97 Å². The molecule has 0 saturated heterocycles. The number of ether oxygens (including phenoxy) is 1. The Bertz CT molecular complexity index is 746. The summed E-state index contributed by atoms with van der Waals surface area (Å²) in [6.07, 6.45) is 1.44. The molecule has 1 aromatic carbocycles. The number of rotatable bonds is 4. The maximum atomic E-state index is 11.8. The van der Waals surface area contributed by atoms with Gasteiger partial charge in [0.05, 0.1) is 6.26 Å². The highest BCUT2D eigenvalue weighted by molar-refractivity contribution is 5.87. The van der Waals surface area contributed by atoms with Crippen molar-refractivity contribution in [2.75, 3.05) is 0 Å². The summed E-state index contributed by atoms with van der Waals surface area (Å²) in [5.74, 6) is 0.233. The number of benzene rings is 1. The van der Waals surface area contributed by atoms with Crippen LogP contribution in [0.1, 0.15) is 22.0 Å². The summed E-state index contributed by atoms with van der Waals surface area (Å²) in [4.78, 5) is 11.8. The third-order valence-electron chi connectivity index (χ3n) is 2.86. The zero-order chi connectivity index (χ0) is 14.7. The Hall–Kier alpha value is -2.89. The number of nitrogens with zero attached hydrogens (tertiary/aromatic N) is 2. The summed E-state index contributed by atoms with van der Waals surface area (Å²) >= 11 is 0. The molecule has 21 heavy (non-hydrogen) atoms. The van der Waals surface area contributed by atoms with E-state index in [1.165, 1.54) is 6.26 Å². The Balaban J connectivity index is 1.66. The Labute approximate surface area is 120 Å². The number of aryl methyl sites for hydroxylation is 1. The fourth-order valence-corrected chi connectivity index (χ4v) is 1.78. The maximum Gasteiger partial charge on any atom is 0.375 e. The van der Waals surface area contributed by atoms with E-state index in [1.807, 2.05) is 30.3 Å². The van der Waals surface area contributed by atoms with Crippen molar-refractivity contribution in [2.45, 2.75) is 13.5 Å². The van der Waals surface area contributed by atoms with Crippen molar-refractivity contribution in [2.24, 2.45) is 0 Å². The summed E-state index contributed by atoms with van der Waals surface area (Å²) in [5.41, 5.74) is 1.53. The molecule has 2 heterocycles. The van der Waals surface area contributed by atoms with Crippen LogP contribution in [0, 0.1) is 6.92 Å². The average Bonchev–Trinajstić information content (AvgIpc) is 3.15. The zero-order valence-corrected chi connectivity index (χ0v) is 11.3. The molecule has 0 fully saturated rings. The average molecular weight is 284 g/mol. The second kappa shape index (κ2) is 5.62. The highest BCUT2D eigenvalue weighted by Crippen LogP contribution is 2.17. The lowest BCUT2D eigenvalue weighted by molar-refractivity contribution is 0.0401. The molecule has 2 aromatic heterocycles. The Morgan fingerprint density at radius 2 is 2.00 bits per heavy atom. The van der Waals surface area contributed by atoms with Crippen molar-refractivity contribution < 1.29 is 18.4 Å². The van der Waals surface area contributed by atoms with Gasteiger partial charge in [-0.25, -0.2) is 4.79 Å². The molecule has 3 rings (SSSR count). The number of hydrogen-bond acceptors (Lipinski definition) is 6. The van der Waals surface area contributed by atoms with Crippen LogP contribution in [0.25, 0.3) is 11.5 Å². The largest absolute Gasteiger partial charge is 0.457 e. The Morgan fingerprint density at radius 1 is 1.19 bits per heavy atom. The Kier molecular flexibility index (Phi) is 3.51. The highest BCUT2D eigenvalue weighted by Gasteiger charge is 2.16. The van der Waals surface area contributed by atoms with Gasteiger partial charge >= 0.3 is 5.97 Å². The molecule has 0 atom stereocenters. The van der Waals surface area contributed by atoms with Crippen LogP contribution >= 0.6 is 0 Å². The predicted octanol–water partition coefficient (Wildman–Crippen LogP) is 3.00. The van der Waals surface area contributed by atoms with Crippen molar-refractivity contribution in [1.82, 2.24) is 10.2 Å². The molecule has 0 amide bonds. The summed E-state index contributed by atoms with van der Waals surface area (Å²) in [6, 6.07) is 11.0. The first kappa shape index (κ1) is 13.1. The standard InChI is InChI=1S/C15H12N2O4/c1-10-7-8-19-13(10)15(18)20-9-12-16-17-14(21-12)11-5-3-2-4-6-11/h2-8H,9H2,1H3. The van der Waals surface area contributed by atoms with Crippen molar-refractivity contribution in [3.05, 3.63) is 59.9 Å². The van der Waals surface area contributed by atoms with Gasteiger partial charge in [-0.15, -0.1) is 10.2 Å². The van der Waals surface area contributed by atoms with E-state index in [-0.39, 0.29) is 18.3 Å². The van der Waals surface area contributed by atoms with Crippen molar-refractivity contribution in [3.63, 3.8) is 0 Å². The van der Waals surface area contributed by atoms with Crippen LogP contribution in [0.5, 0.6) is 0 Å². The number of carbonyl (C=O) groups excluding carboxylic acids is 1. The summed E-state index contributed by atoms with van der Waals surface area (Å²) < 4.78 is 15.6. The minimum atomic E-state index is -0.558. The molecule has 0 aliphatic rings. The molecular weight excluding hydrogens is 272 g/mol. The van der Waals surface area contributed by atoms with Gasteiger partial charge in [0.25, 0.3) is 5.89 Å². The van der Waals surface area contributed by atoms with Crippen LogP contribution in [0.3, 0.4) is 0 Å². The van der Waals surface area contributed by atoms with E-state index in [0.717, 1.165) is 11.1 Å². The van der Waals surface area contributed by atoms with Crippen LogP contribution < -0.4 is 0 Å². The smallest absolute Gasteiger partial charge is 0.375 e. The normalized spacial score (nSPS) is 10.5. The van der Waals surface area contributed by atoms with Crippen LogP contribution in [-0.2, 0) is 11.3 Å². The van der Waals surface area contributed by atoms with Crippen molar-refractivity contribution in [1.29, 1.82) is 0 Å². The van der Waals surface area contributed by atoms with Gasteiger partial charge in [-0.3, -0.25) is 0 Å². The topological polar surface area (TPSA) is 78.4 Å². The lowest BCUT2D eigenvalue weighted by Gasteiger charge is -1.99. The third kappa shape index (κ3) is 2.84. The third-order valence-corrected chi connectivity index (χ3v) is 2.86. The van der Waals surface area contributed by atoms with Crippen LogP contribution in [-0.4, -0.2) is 16.2 Å². The van der Waals surface area contributed by atoms with Crippen LogP contribution in [0.2, 0.25) is 0 Å². The van der Waals surface area contributed by atoms with Gasteiger partial charge in [0.1, 0.15) is 0 Å². The molecule has 106 valence electrons. The van der Waals surface area contributed by atoms with E-state index in [4.69, 9.17) is 13.6 Å². The molecule has 6 heteroatoms. The second-order valence-electron chi connectivity index (χ2n) is 4.38. The quantitative estimate of drug-likeness (QED) is 0.685. The molecule has 0 aliphatic carbocycles. The molecule has 0 bridgehead atoms. The first-order valence-electron chi connectivity index (χ1n) is 6.33. The summed E-state index contributed by atoms with van der Waals surface area (Å²) in [6.45, 7) is 1.67. The number of esters is 1. The van der Waals surface area contributed by atoms with Gasteiger partial charge in [-0.1, -0.05) is 18.2 Å². The first-order chi connectivity index (χ1) is 10.2. The van der Waals surface area contributed by atoms with Gasteiger partial charge in [0.15, 0.2) is 6.61 Å². The summed E-state index contributed by atoms with van der Waals surface area (Å²) in [7, 11) is 0. The van der Waals surface area contributed by atoms with Gasteiger partial charge in [0, 0.05) is 11.1 Å². The molecular formula is C15H12N2O4. The molecule has 0 saturated carbocycles. The van der Waals surface area contributed by atoms with Crippen LogP contribution in [0.4, 0.5) is 0 Å². The van der Waals surface area contributed by atoms with E-state index in [0.29, 0.717) is 5.89 Å². The van der Waals surface area contributed by atoms with Gasteiger partial charge < -0.3 is 13.6 Å². The van der Waals surface area contributed by atoms with Gasteiger partial charge in [-0.2, -0.15) is 0 Å². The maximum absolute atomic E-state index is 11.8. The second-order valence-corrected chi connectivity index (χ2v) is 4.38. The highest BCUT2D eigenvalue weighted by atomic mass is 16.6. The minimum Gasteiger partial charge on any atom is -0.457 e. The number of aromatic nitrogens is 2. The zero-order valence-electron chi connectivity index (χ0n) is 11.3. The molecule has 3 aromatic rings. The fraction of sp³-hybridized carbons (Fsp3) is 0.133. The molecule has 0 radical (unpaired) electrons. The van der Waals surface area contributed by atoms with E-state index in [2.05, 4.69) is 10.2 Å². The molecule has 6 nitrogen and oxygen atoms in total. The summed E-state index contributed by atoms with van der Waals surface area (Å²) in [5, 5.41) is 7.76. The molecule has 0 unspecified atom stereocenters. The van der Waals surface area contributed by atoms with Crippen LogP contribution in [0.15, 0.2) is 51.5 Å². The number of hydrogen-bond donors (Lipinski definition) is 0. The van der Waals surface area contributed by atoms with E-state index in [1.54, 1.807) is 13.0 Å². The van der Waals surface area contributed by atoms with Gasteiger partial charge in [0.2, 0.25) is 11.7 Å². The van der Waals surface area contributed by atoms with E-state index >= 15 is 0 Å². The van der Waals surface area contributed by atoms with Crippen molar-refractivity contribution in [3.8, 4) is 11.5 Å². The molecule has 0 spiro atoms. The van der Waals surface area contributed by atoms with E-state index < -0.39 is 5.97 Å². The SMILES string of the molecule is Cc1ccoc1C(=O)OCc1nnc(-c2ccccc2)o1. The number of furan rings is 1. The fourth-order valence-electron chi connectivity index (χ4n) is 1.78.